The fourth-order valence-electron chi connectivity index (χ4n) is 0.780. The van der Waals surface area contributed by atoms with Crippen molar-refractivity contribution in [1.82, 2.24) is 9.55 Å². The van der Waals surface area contributed by atoms with Crippen molar-refractivity contribution in [2.24, 2.45) is 7.05 Å². The van der Waals surface area contributed by atoms with Crippen LogP contribution >= 0.6 is 0 Å². The van der Waals surface area contributed by atoms with Crippen LogP contribution in [0.15, 0.2) is 12.4 Å². The number of hydrogen-bond acceptors (Lipinski definition) is 4. The SMILES string of the molecule is CC(O)C(=O)O.CC(O)c1nccn1C. The smallest absolute Gasteiger partial charge is 0.332 e. The molecule has 3 N–H and O–H groups in total. The highest BCUT2D eigenvalue weighted by atomic mass is 16.4. The summed E-state index contributed by atoms with van der Waals surface area (Å²) >= 11 is 0. The minimum Gasteiger partial charge on any atom is -0.479 e. The van der Waals surface area contributed by atoms with Crippen molar-refractivity contribution in [2.45, 2.75) is 26.1 Å². The summed E-state index contributed by atoms with van der Waals surface area (Å²) in [7, 11) is 1.86. The van der Waals surface area contributed by atoms with Gasteiger partial charge < -0.3 is 19.9 Å². The summed E-state index contributed by atoms with van der Waals surface area (Å²) in [6, 6.07) is 0. The van der Waals surface area contributed by atoms with Gasteiger partial charge in [0.15, 0.2) is 0 Å². The second kappa shape index (κ2) is 6.15. The van der Waals surface area contributed by atoms with Crippen LogP contribution in [0.25, 0.3) is 0 Å². The molecule has 0 aliphatic rings. The second-order valence-electron chi connectivity index (χ2n) is 3.09. The first-order valence-corrected chi connectivity index (χ1v) is 4.42. The van der Waals surface area contributed by atoms with Crippen molar-refractivity contribution >= 4 is 5.97 Å². The Morgan fingerprint density at radius 1 is 1.47 bits per heavy atom. The van der Waals surface area contributed by atoms with E-state index in [1.165, 1.54) is 6.92 Å². The zero-order chi connectivity index (χ0) is 12.0. The van der Waals surface area contributed by atoms with Crippen LogP contribution in [0.2, 0.25) is 0 Å². The number of aryl methyl sites for hydroxylation is 1. The molecule has 0 fully saturated rings. The predicted molar refractivity (Wildman–Crippen MR) is 53.2 cm³/mol. The van der Waals surface area contributed by atoms with Crippen LogP contribution in [0, 0.1) is 0 Å². The minimum absolute atomic E-state index is 0.468. The number of carboxylic acid groups (broad SMARTS) is 1. The summed E-state index contributed by atoms with van der Waals surface area (Å²) in [5.41, 5.74) is 0. The number of aliphatic carboxylic acids is 1. The van der Waals surface area contributed by atoms with Gasteiger partial charge in [0.1, 0.15) is 18.0 Å². The van der Waals surface area contributed by atoms with Crippen molar-refractivity contribution in [3.63, 3.8) is 0 Å². The normalized spacial score (nSPS) is 13.7. The Hall–Kier alpha value is -1.40. The van der Waals surface area contributed by atoms with Crippen LogP contribution in [-0.4, -0.2) is 36.9 Å². The van der Waals surface area contributed by atoms with Gasteiger partial charge in [0.2, 0.25) is 0 Å². The highest BCUT2D eigenvalue weighted by Crippen LogP contribution is 2.05. The van der Waals surface area contributed by atoms with Gasteiger partial charge in [0, 0.05) is 19.4 Å². The van der Waals surface area contributed by atoms with Gasteiger partial charge >= 0.3 is 5.97 Å². The number of rotatable bonds is 2. The molecule has 0 saturated heterocycles. The highest BCUT2D eigenvalue weighted by Gasteiger charge is 2.03. The van der Waals surface area contributed by atoms with Crippen molar-refractivity contribution in [3.8, 4) is 0 Å². The van der Waals surface area contributed by atoms with Gasteiger partial charge in [-0.25, -0.2) is 9.78 Å². The average molecular weight is 216 g/mol. The first kappa shape index (κ1) is 13.6. The summed E-state index contributed by atoms with van der Waals surface area (Å²) in [6.07, 6.45) is 1.78. The molecule has 2 unspecified atom stereocenters. The average Bonchev–Trinajstić information content (AvgIpc) is 2.52. The molecule has 1 rings (SSSR count). The van der Waals surface area contributed by atoms with E-state index in [1.807, 2.05) is 13.2 Å². The molecule has 1 aromatic heterocycles. The van der Waals surface area contributed by atoms with Crippen LogP contribution in [0.3, 0.4) is 0 Å². The van der Waals surface area contributed by atoms with Gasteiger partial charge in [0.05, 0.1) is 0 Å². The van der Waals surface area contributed by atoms with E-state index in [9.17, 15) is 4.79 Å². The van der Waals surface area contributed by atoms with E-state index in [0.717, 1.165) is 0 Å². The molecule has 0 aliphatic heterocycles. The summed E-state index contributed by atoms with van der Waals surface area (Å²) < 4.78 is 1.80. The van der Waals surface area contributed by atoms with Crippen molar-refractivity contribution in [2.75, 3.05) is 0 Å². The van der Waals surface area contributed by atoms with Crippen molar-refractivity contribution in [3.05, 3.63) is 18.2 Å². The molecule has 6 nitrogen and oxygen atoms in total. The van der Waals surface area contributed by atoms with Gasteiger partial charge in [0.25, 0.3) is 0 Å². The number of carboxylic acids is 1. The maximum atomic E-state index is 9.45. The largest absolute Gasteiger partial charge is 0.479 e. The monoisotopic (exact) mass is 216 g/mol. The first-order valence-electron chi connectivity index (χ1n) is 4.42. The molecule has 0 saturated carbocycles. The van der Waals surface area contributed by atoms with E-state index in [0.29, 0.717) is 5.82 Å². The van der Waals surface area contributed by atoms with Gasteiger partial charge in [-0.2, -0.15) is 0 Å². The minimum atomic E-state index is -1.23. The fraction of sp³-hybridized carbons (Fsp3) is 0.556. The van der Waals surface area contributed by atoms with Crippen LogP contribution in [0.4, 0.5) is 0 Å². The van der Waals surface area contributed by atoms with E-state index < -0.39 is 18.2 Å². The van der Waals surface area contributed by atoms with E-state index in [2.05, 4.69) is 4.98 Å². The number of aliphatic hydroxyl groups is 2. The van der Waals surface area contributed by atoms with Gasteiger partial charge in [-0.3, -0.25) is 0 Å². The number of aromatic nitrogens is 2. The summed E-state index contributed by atoms with van der Waals surface area (Å²) in [6.45, 7) is 2.89. The number of imidazole rings is 1. The zero-order valence-electron chi connectivity index (χ0n) is 8.95. The maximum Gasteiger partial charge on any atom is 0.332 e. The molecule has 0 amide bonds. The molecule has 0 bridgehead atoms. The third kappa shape index (κ3) is 5.14. The van der Waals surface area contributed by atoms with Crippen LogP contribution in [0.1, 0.15) is 25.8 Å². The van der Waals surface area contributed by atoms with E-state index >= 15 is 0 Å². The topological polar surface area (TPSA) is 95.6 Å². The molecule has 0 radical (unpaired) electrons. The number of nitrogens with zero attached hydrogens (tertiary/aromatic N) is 2. The fourth-order valence-corrected chi connectivity index (χ4v) is 0.780. The summed E-state index contributed by atoms with van der Waals surface area (Å²) in [5, 5.41) is 24.8. The summed E-state index contributed by atoms with van der Waals surface area (Å²) in [5.74, 6) is -0.481. The molecule has 15 heavy (non-hydrogen) atoms. The molecule has 6 heteroatoms. The van der Waals surface area contributed by atoms with E-state index in [4.69, 9.17) is 15.3 Å². The van der Waals surface area contributed by atoms with Gasteiger partial charge in [-0.05, 0) is 13.8 Å². The molecular weight excluding hydrogens is 200 g/mol. The Morgan fingerprint density at radius 2 is 1.93 bits per heavy atom. The third-order valence-corrected chi connectivity index (χ3v) is 1.59. The Morgan fingerprint density at radius 3 is 2.07 bits per heavy atom. The Bertz CT molecular complexity index is 307. The van der Waals surface area contributed by atoms with Gasteiger partial charge in [-0.1, -0.05) is 0 Å². The second-order valence-corrected chi connectivity index (χ2v) is 3.09. The number of aliphatic hydroxyl groups excluding tert-OH is 2. The predicted octanol–water partition coefficient (Wildman–Crippen LogP) is -0.0748. The molecule has 0 aromatic carbocycles. The van der Waals surface area contributed by atoms with Gasteiger partial charge in [-0.15, -0.1) is 0 Å². The molecular formula is C9H16N2O4. The van der Waals surface area contributed by atoms with Crippen LogP contribution in [-0.2, 0) is 11.8 Å². The first-order chi connectivity index (χ1) is 6.86. The quantitative estimate of drug-likeness (QED) is 0.643. The molecule has 1 aromatic rings. The van der Waals surface area contributed by atoms with Crippen molar-refractivity contribution < 1.29 is 20.1 Å². The lowest BCUT2D eigenvalue weighted by molar-refractivity contribution is -0.145. The molecule has 1 heterocycles. The highest BCUT2D eigenvalue weighted by molar-refractivity contribution is 5.71. The lowest BCUT2D eigenvalue weighted by Crippen LogP contribution is -2.13. The van der Waals surface area contributed by atoms with E-state index in [1.54, 1.807) is 17.7 Å². The number of hydrogen-bond donors (Lipinski definition) is 3. The van der Waals surface area contributed by atoms with E-state index in [-0.39, 0.29) is 0 Å². The Balaban J connectivity index is 0.000000288. The molecule has 0 spiro atoms. The number of carbonyl (C=O) groups is 1. The lowest BCUT2D eigenvalue weighted by Gasteiger charge is -2.01. The maximum absolute atomic E-state index is 9.45. The van der Waals surface area contributed by atoms with Crippen LogP contribution < -0.4 is 0 Å². The van der Waals surface area contributed by atoms with Crippen molar-refractivity contribution in [1.29, 1.82) is 0 Å². The standard InChI is InChI=1S/C6H10N2O.C3H6O3/c1-5(9)6-7-3-4-8(6)2;1-2(4)3(5)6/h3-5,9H,1-2H3;2,4H,1H3,(H,5,6). The third-order valence-electron chi connectivity index (χ3n) is 1.59. The zero-order valence-corrected chi connectivity index (χ0v) is 8.95. The molecule has 86 valence electrons. The molecule has 0 aliphatic carbocycles. The Kier molecular flexibility index (Phi) is 5.58. The molecule has 2 atom stereocenters. The van der Waals surface area contributed by atoms with Crippen LogP contribution in [0.5, 0.6) is 0 Å². The Labute approximate surface area is 87.8 Å². The lowest BCUT2D eigenvalue weighted by atomic mass is 10.4. The summed E-state index contributed by atoms with van der Waals surface area (Å²) in [4.78, 5) is 13.4.